The second-order valence-electron chi connectivity index (χ2n) is 9.05. The molecule has 174 valence electrons. The van der Waals surface area contributed by atoms with Gasteiger partial charge in [-0.15, -0.1) is 0 Å². The molecule has 1 N–H and O–H groups in total. The molecule has 0 aromatic carbocycles. The standard InChI is InChI=1S/C24H30N2O5.H2S/c1-14(2)21-19(31-9-7-8-30-6)10-15-11-20(24(3,4)5)26-13-16(23(28)29)18(27)12-17(26)22(15)25-21;/h10,12-13,20H,1,7-9,11H2,2-6H3,(H,28,29);1H2/t20-;/m0./s1. The SMILES string of the molecule is C=C(C)c1nc2c(cc1OCCCOC)C[C@@H](C(C)(C)C)n1cc(C(=O)O)c(=O)cc1-2.S. The maximum absolute atomic E-state index is 12.5. The van der Waals surface area contributed by atoms with E-state index in [1.54, 1.807) is 7.11 Å². The smallest absolute Gasteiger partial charge is 0.341 e. The predicted octanol–water partition coefficient (Wildman–Crippen LogP) is 4.31. The van der Waals surface area contributed by atoms with Gasteiger partial charge in [-0.1, -0.05) is 27.4 Å². The second-order valence-corrected chi connectivity index (χ2v) is 9.05. The van der Waals surface area contributed by atoms with Crippen LogP contribution in [0.25, 0.3) is 17.0 Å². The van der Waals surface area contributed by atoms with Gasteiger partial charge in [0.25, 0.3) is 0 Å². The molecule has 1 atom stereocenters. The van der Waals surface area contributed by atoms with Crippen molar-refractivity contribution in [3.05, 3.63) is 52.0 Å². The molecule has 7 nitrogen and oxygen atoms in total. The first-order chi connectivity index (χ1) is 14.5. The van der Waals surface area contributed by atoms with Crippen LogP contribution in [0.2, 0.25) is 0 Å². The highest BCUT2D eigenvalue weighted by atomic mass is 32.1. The minimum atomic E-state index is -1.23. The van der Waals surface area contributed by atoms with Crippen LogP contribution in [0.5, 0.6) is 5.75 Å². The molecule has 32 heavy (non-hydrogen) atoms. The molecule has 0 spiro atoms. The number of rotatable bonds is 7. The zero-order chi connectivity index (χ0) is 22.9. The summed E-state index contributed by atoms with van der Waals surface area (Å²) in [6.07, 6.45) is 2.85. The molecule has 0 saturated heterocycles. The number of hydrogen-bond acceptors (Lipinski definition) is 5. The van der Waals surface area contributed by atoms with Crippen molar-refractivity contribution in [3.8, 4) is 17.1 Å². The lowest BCUT2D eigenvalue weighted by molar-refractivity contribution is 0.0693. The van der Waals surface area contributed by atoms with Crippen LogP contribution in [0.4, 0.5) is 0 Å². The normalized spacial score (nSPS) is 14.7. The van der Waals surface area contributed by atoms with E-state index in [0.29, 0.717) is 42.5 Å². The van der Waals surface area contributed by atoms with Crippen molar-refractivity contribution >= 4 is 25.0 Å². The highest BCUT2D eigenvalue weighted by Crippen LogP contribution is 2.43. The average molecular weight is 461 g/mol. The first-order valence-corrected chi connectivity index (χ1v) is 10.4. The number of carboxylic acids is 1. The quantitative estimate of drug-likeness (QED) is 0.619. The summed E-state index contributed by atoms with van der Waals surface area (Å²) >= 11 is 0. The molecule has 0 amide bonds. The van der Waals surface area contributed by atoms with Crippen molar-refractivity contribution in [2.45, 2.75) is 46.6 Å². The van der Waals surface area contributed by atoms with E-state index < -0.39 is 11.4 Å². The van der Waals surface area contributed by atoms with E-state index in [1.807, 2.05) is 17.6 Å². The van der Waals surface area contributed by atoms with Crippen molar-refractivity contribution in [1.29, 1.82) is 0 Å². The third-order valence-corrected chi connectivity index (χ3v) is 5.52. The van der Waals surface area contributed by atoms with Crippen LogP contribution in [0.15, 0.2) is 29.7 Å². The summed E-state index contributed by atoms with van der Waals surface area (Å²) in [5.41, 5.74) is 2.68. The molecule has 0 radical (unpaired) electrons. The Morgan fingerprint density at radius 3 is 2.56 bits per heavy atom. The number of fused-ring (bicyclic) bond motifs is 3. The highest BCUT2D eigenvalue weighted by molar-refractivity contribution is 7.59. The van der Waals surface area contributed by atoms with Gasteiger partial charge in [-0.05, 0) is 36.0 Å². The molecule has 3 rings (SSSR count). The zero-order valence-electron chi connectivity index (χ0n) is 19.3. The molecule has 2 aromatic rings. The van der Waals surface area contributed by atoms with E-state index in [1.165, 1.54) is 12.3 Å². The number of aromatic nitrogens is 2. The van der Waals surface area contributed by atoms with E-state index >= 15 is 0 Å². The number of carboxylic acid groups (broad SMARTS) is 1. The molecule has 1 aliphatic rings. The predicted molar refractivity (Wildman–Crippen MR) is 130 cm³/mol. The Labute approximate surface area is 195 Å². The van der Waals surface area contributed by atoms with Crippen LogP contribution in [0.1, 0.15) is 61.8 Å². The molecule has 0 aliphatic carbocycles. The van der Waals surface area contributed by atoms with E-state index in [9.17, 15) is 14.7 Å². The Balaban J connectivity index is 0.00000363. The van der Waals surface area contributed by atoms with E-state index in [0.717, 1.165) is 17.6 Å². The van der Waals surface area contributed by atoms with Gasteiger partial charge in [0.1, 0.15) is 17.0 Å². The Bertz CT molecular complexity index is 1090. The van der Waals surface area contributed by atoms with Crippen LogP contribution in [-0.2, 0) is 11.2 Å². The fourth-order valence-electron chi connectivity index (χ4n) is 3.90. The molecule has 2 aromatic heterocycles. The molecular weight excluding hydrogens is 428 g/mol. The number of nitrogens with zero attached hydrogens (tertiary/aromatic N) is 2. The van der Waals surface area contributed by atoms with Gasteiger partial charge in [-0.2, -0.15) is 13.5 Å². The number of aromatic carboxylic acids is 1. The van der Waals surface area contributed by atoms with Crippen molar-refractivity contribution in [2.75, 3.05) is 20.3 Å². The minimum absolute atomic E-state index is 0. The molecule has 0 saturated carbocycles. The number of methoxy groups -OCH3 is 1. The van der Waals surface area contributed by atoms with Crippen molar-refractivity contribution in [2.24, 2.45) is 5.41 Å². The third-order valence-electron chi connectivity index (χ3n) is 5.52. The maximum Gasteiger partial charge on any atom is 0.341 e. The minimum Gasteiger partial charge on any atom is -0.491 e. The maximum atomic E-state index is 12.5. The molecule has 8 heteroatoms. The Morgan fingerprint density at radius 2 is 2.00 bits per heavy atom. The van der Waals surface area contributed by atoms with Crippen molar-refractivity contribution < 1.29 is 19.4 Å². The summed E-state index contributed by atoms with van der Waals surface area (Å²) in [7, 11) is 1.65. The van der Waals surface area contributed by atoms with Crippen LogP contribution in [-0.4, -0.2) is 41.0 Å². The Morgan fingerprint density at radius 1 is 1.31 bits per heavy atom. The zero-order valence-corrected chi connectivity index (χ0v) is 20.3. The third kappa shape index (κ3) is 5.07. The van der Waals surface area contributed by atoms with Gasteiger partial charge >= 0.3 is 5.97 Å². The van der Waals surface area contributed by atoms with Gasteiger partial charge in [-0.25, -0.2) is 9.78 Å². The summed E-state index contributed by atoms with van der Waals surface area (Å²) in [6, 6.07) is 3.32. The Hall–Kier alpha value is -2.58. The number of hydrogen-bond donors (Lipinski definition) is 1. The number of allylic oxidation sites excluding steroid dienone is 1. The van der Waals surface area contributed by atoms with Crippen molar-refractivity contribution in [3.63, 3.8) is 0 Å². The first kappa shape index (κ1) is 25.7. The van der Waals surface area contributed by atoms with Gasteiger partial charge < -0.3 is 19.1 Å². The number of carbonyl (C=O) groups is 1. The van der Waals surface area contributed by atoms with Gasteiger partial charge in [0.2, 0.25) is 0 Å². The molecule has 1 aliphatic heterocycles. The lowest BCUT2D eigenvalue weighted by Crippen LogP contribution is -2.33. The summed E-state index contributed by atoms with van der Waals surface area (Å²) < 4.78 is 13.0. The van der Waals surface area contributed by atoms with Gasteiger partial charge in [0.15, 0.2) is 5.43 Å². The first-order valence-electron chi connectivity index (χ1n) is 10.4. The molecule has 0 bridgehead atoms. The van der Waals surface area contributed by atoms with Gasteiger partial charge in [0, 0.05) is 38.4 Å². The lowest BCUT2D eigenvalue weighted by Gasteiger charge is -2.38. The molecular formula is C24H32N2O5S. The van der Waals surface area contributed by atoms with Gasteiger partial charge in [-0.3, -0.25) is 4.79 Å². The van der Waals surface area contributed by atoms with Crippen LogP contribution < -0.4 is 10.2 Å². The fraction of sp³-hybridized carbons (Fsp3) is 0.458. The van der Waals surface area contributed by atoms with E-state index in [-0.39, 0.29) is 30.5 Å². The van der Waals surface area contributed by atoms with Crippen LogP contribution in [0.3, 0.4) is 0 Å². The largest absolute Gasteiger partial charge is 0.491 e. The Kier molecular flexibility index (Phi) is 7.96. The average Bonchev–Trinajstić information content (AvgIpc) is 2.68. The summed E-state index contributed by atoms with van der Waals surface area (Å²) in [5, 5.41) is 9.46. The topological polar surface area (TPSA) is 90.7 Å². The molecule has 0 unspecified atom stereocenters. The lowest BCUT2D eigenvalue weighted by atomic mass is 9.79. The highest BCUT2D eigenvalue weighted by Gasteiger charge is 2.35. The molecule has 0 fully saturated rings. The number of pyridine rings is 2. The van der Waals surface area contributed by atoms with Gasteiger partial charge in [0.05, 0.1) is 18.0 Å². The van der Waals surface area contributed by atoms with Crippen LogP contribution in [0, 0.1) is 5.41 Å². The second kappa shape index (κ2) is 9.92. The van der Waals surface area contributed by atoms with E-state index in [4.69, 9.17) is 14.5 Å². The summed E-state index contributed by atoms with van der Waals surface area (Å²) in [4.78, 5) is 28.9. The monoisotopic (exact) mass is 460 g/mol. The van der Waals surface area contributed by atoms with Crippen molar-refractivity contribution in [1.82, 2.24) is 9.55 Å². The molecule has 3 heterocycles. The summed E-state index contributed by atoms with van der Waals surface area (Å²) in [6.45, 7) is 13.3. The van der Waals surface area contributed by atoms with E-state index in [2.05, 4.69) is 27.4 Å². The fourth-order valence-corrected chi connectivity index (χ4v) is 3.90. The van der Waals surface area contributed by atoms with Crippen LogP contribution >= 0.6 is 13.5 Å². The number of ether oxygens (including phenoxy) is 2. The summed E-state index contributed by atoms with van der Waals surface area (Å²) in [5.74, 6) is -0.567.